The average molecular weight is 217 g/mol. The highest BCUT2D eigenvalue weighted by Crippen LogP contribution is 2.19. The molecule has 1 aliphatic heterocycles. The van der Waals surface area contributed by atoms with Crippen LogP contribution in [0.15, 0.2) is 12.1 Å². The number of nitrogens with zero attached hydrogens (tertiary/aromatic N) is 2. The Morgan fingerprint density at radius 2 is 2.07 bits per heavy atom. The molecule has 3 nitrogen and oxygen atoms in total. The van der Waals surface area contributed by atoms with Gasteiger partial charge in [-0.15, -0.1) is 0 Å². The molecule has 2 rings (SSSR count). The zero-order valence-corrected chi connectivity index (χ0v) is 8.30. The number of aromatic nitrogens is 1. The second-order valence-corrected chi connectivity index (χ2v) is 3.43. The molecule has 1 aromatic rings. The fourth-order valence-electron chi connectivity index (χ4n) is 1.41. The molecule has 1 fully saturated rings. The smallest absolute Gasteiger partial charge is 0.166 e. The van der Waals surface area contributed by atoms with Crippen molar-refractivity contribution in [2.45, 2.75) is 0 Å². The van der Waals surface area contributed by atoms with Crippen LogP contribution < -0.4 is 4.90 Å². The maximum Gasteiger partial charge on any atom is 0.166 e. The van der Waals surface area contributed by atoms with E-state index in [-0.39, 0.29) is 5.82 Å². The van der Waals surface area contributed by atoms with Crippen LogP contribution in [0.4, 0.5) is 10.2 Å². The molecule has 0 spiro atoms. The van der Waals surface area contributed by atoms with E-state index in [4.69, 9.17) is 16.3 Å². The number of anilines is 1. The van der Waals surface area contributed by atoms with Crippen molar-refractivity contribution in [3.8, 4) is 0 Å². The zero-order chi connectivity index (χ0) is 9.97. The molecule has 1 aliphatic rings. The Morgan fingerprint density at radius 3 is 2.79 bits per heavy atom. The Bertz CT molecular complexity index is 329. The SMILES string of the molecule is Fc1ccc(Cl)nc1N1CCOCC1. The quantitative estimate of drug-likeness (QED) is 0.669. The van der Waals surface area contributed by atoms with E-state index in [9.17, 15) is 4.39 Å². The van der Waals surface area contributed by atoms with Gasteiger partial charge in [-0.25, -0.2) is 9.37 Å². The number of morpholine rings is 1. The normalized spacial score (nSPS) is 17.1. The number of hydrogen-bond acceptors (Lipinski definition) is 3. The average Bonchev–Trinajstić information content (AvgIpc) is 2.23. The molecule has 14 heavy (non-hydrogen) atoms. The summed E-state index contributed by atoms with van der Waals surface area (Å²) in [5, 5.41) is 0.313. The molecule has 0 unspecified atom stereocenters. The molecular formula is C9H10ClFN2O. The third kappa shape index (κ3) is 1.96. The van der Waals surface area contributed by atoms with Crippen LogP contribution in [-0.4, -0.2) is 31.3 Å². The van der Waals surface area contributed by atoms with Gasteiger partial charge in [0.25, 0.3) is 0 Å². The van der Waals surface area contributed by atoms with E-state index in [1.54, 1.807) is 0 Å². The lowest BCUT2D eigenvalue weighted by Gasteiger charge is -2.27. The topological polar surface area (TPSA) is 25.4 Å². The van der Waals surface area contributed by atoms with Crippen molar-refractivity contribution >= 4 is 17.4 Å². The molecule has 0 atom stereocenters. The van der Waals surface area contributed by atoms with E-state index in [2.05, 4.69) is 4.98 Å². The molecule has 0 amide bonds. The van der Waals surface area contributed by atoms with Crippen LogP contribution >= 0.6 is 11.6 Å². The van der Waals surface area contributed by atoms with E-state index in [0.717, 1.165) is 0 Å². The molecule has 0 radical (unpaired) electrons. The second-order valence-electron chi connectivity index (χ2n) is 3.04. The molecule has 0 aliphatic carbocycles. The van der Waals surface area contributed by atoms with Gasteiger partial charge in [-0.2, -0.15) is 0 Å². The standard InChI is InChI=1S/C9H10ClFN2O/c10-8-2-1-7(11)9(12-8)13-3-5-14-6-4-13/h1-2H,3-6H2. The third-order valence-corrected chi connectivity index (χ3v) is 2.31. The Labute approximate surface area is 86.4 Å². The number of ether oxygens (including phenoxy) is 1. The van der Waals surface area contributed by atoms with Gasteiger partial charge in [0.15, 0.2) is 11.6 Å². The molecule has 0 N–H and O–H groups in total. The number of pyridine rings is 1. The number of halogens is 2. The minimum Gasteiger partial charge on any atom is -0.378 e. The summed E-state index contributed by atoms with van der Waals surface area (Å²) < 4.78 is 18.5. The minimum absolute atomic E-state index is 0.313. The highest BCUT2D eigenvalue weighted by atomic mass is 35.5. The fourth-order valence-corrected chi connectivity index (χ4v) is 1.55. The fraction of sp³-hybridized carbons (Fsp3) is 0.444. The van der Waals surface area contributed by atoms with E-state index < -0.39 is 0 Å². The highest BCUT2D eigenvalue weighted by molar-refractivity contribution is 6.29. The van der Waals surface area contributed by atoms with Crippen LogP contribution in [0.25, 0.3) is 0 Å². The first-order valence-corrected chi connectivity index (χ1v) is 4.80. The van der Waals surface area contributed by atoms with E-state index in [1.165, 1.54) is 12.1 Å². The van der Waals surface area contributed by atoms with Gasteiger partial charge in [0.1, 0.15) is 5.15 Å². The lowest BCUT2D eigenvalue weighted by molar-refractivity contribution is 0.122. The summed E-state index contributed by atoms with van der Waals surface area (Å²) in [5.41, 5.74) is 0. The van der Waals surface area contributed by atoms with Gasteiger partial charge in [-0.05, 0) is 12.1 Å². The molecule has 0 bridgehead atoms. The van der Waals surface area contributed by atoms with E-state index in [0.29, 0.717) is 37.3 Å². The highest BCUT2D eigenvalue weighted by Gasteiger charge is 2.16. The molecule has 0 aromatic carbocycles. The van der Waals surface area contributed by atoms with Gasteiger partial charge in [0.2, 0.25) is 0 Å². The van der Waals surface area contributed by atoms with Gasteiger partial charge in [-0.3, -0.25) is 0 Å². The van der Waals surface area contributed by atoms with Gasteiger partial charge < -0.3 is 9.64 Å². The lowest BCUT2D eigenvalue weighted by atomic mass is 10.3. The summed E-state index contributed by atoms with van der Waals surface area (Å²) in [7, 11) is 0. The Kier molecular flexibility index (Phi) is 2.84. The maximum atomic E-state index is 13.4. The van der Waals surface area contributed by atoms with Gasteiger partial charge in [0.05, 0.1) is 13.2 Å². The Hall–Kier alpha value is -0.870. The Morgan fingerprint density at radius 1 is 1.36 bits per heavy atom. The van der Waals surface area contributed by atoms with Gasteiger partial charge in [0, 0.05) is 13.1 Å². The number of rotatable bonds is 1. The monoisotopic (exact) mass is 216 g/mol. The summed E-state index contributed by atoms with van der Waals surface area (Å²) in [4.78, 5) is 5.80. The summed E-state index contributed by atoms with van der Waals surface area (Å²) in [6.45, 7) is 2.52. The molecule has 1 aromatic heterocycles. The van der Waals surface area contributed by atoms with Crippen LogP contribution in [0.1, 0.15) is 0 Å². The molecule has 76 valence electrons. The summed E-state index contributed by atoms with van der Waals surface area (Å²) >= 11 is 5.70. The maximum absolute atomic E-state index is 13.4. The lowest BCUT2D eigenvalue weighted by Crippen LogP contribution is -2.37. The molecule has 0 saturated carbocycles. The van der Waals surface area contributed by atoms with Gasteiger partial charge >= 0.3 is 0 Å². The predicted octanol–water partition coefficient (Wildman–Crippen LogP) is 1.71. The minimum atomic E-state index is -0.337. The van der Waals surface area contributed by atoms with Crippen LogP contribution in [-0.2, 0) is 4.74 Å². The first kappa shape index (κ1) is 9.68. The van der Waals surface area contributed by atoms with Crippen molar-refractivity contribution in [3.05, 3.63) is 23.1 Å². The number of hydrogen-bond donors (Lipinski definition) is 0. The predicted molar refractivity (Wildman–Crippen MR) is 52.2 cm³/mol. The molecule has 5 heteroatoms. The van der Waals surface area contributed by atoms with Crippen molar-refractivity contribution in [3.63, 3.8) is 0 Å². The van der Waals surface area contributed by atoms with Gasteiger partial charge in [-0.1, -0.05) is 11.6 Å². The molecular weight excluding hydrogens is 207 g/mol. The summed E-state index contributed by atoms with van der Waals surface area (Å²) in [5.74, 6) is -0.0166. The van der Waals surface area contributed by atoms with Crippen molar-refractivity contribution in [1.82, 2.24) is 4.98 Å². The van der Waals surface area contributed by atoms with Crippen LogP contribution in [0.3, 0.4) is 0 Å². The first-order chi connectivity index (χ1) is 6.77. The largest absolute Gasteiger partial charge is 0.378 e. The molecule has 2 heterocycles. The molecule has 1 saturated heterocycles. The zero-order valence-electron chi connectivity index (χ0n) is 7.54. The Balaban J connectivity index is 2.24. The third-order valence-electron chi connectivity index (χ3n) is 2.10. The van der Waals surface area contributed by atoms with Crippen molar-refractivity contribution in [2.24, 2.45) is 0 Å². The van der Waals surface area contributed by atoms with E-state index >= 15 is 0 Å². The van der Waals surface area contributed by atoms with Crippen LogP contribution in [0.5, 0.6) is 0 Å². The van der Waals surface area contributed by atoms with Crippen molar-refractivity contribution < 1.29 is 9.13 Å². The second kappa shape index (κ2) is 4.11. The van der Waals surface area contributed by atoms with Crippen LogP contribution in [0, 0.1) is 5.82 Å². The summed E-state index contributed by atoms with van der Waals surface area (Å²) in [6, 6.07) is 2.78. The van der Waals surface area contributed by atoms with Crippen molar-refractivity contribution in [1.29, 1.82) is 0 Å². The van der Waals surface area contributed by atoms with Crippen LogP contribution in [0.2, 0.25) is 5.15 Å². The van der Waals surface area contributed by atoms with Crippen molar-refractivity contribution in [2.75, 3.05) is 31.2 Å². The van der Waals surface area contributed by atoms with E-state index in [1.807, 2.05) is 4.90 Å². The first-order valence-electron chi connectivity index (χ1n) is 4.42. The summed E-state index contributed by atoms with van der Waals surface area (Å²) in [6.07, 6.45) is 0.